The van der Waals surface area contributed by atoms with Crippen molar-refractivity contribution in [1.29, 1.82) is 0 Å². The van der Waals surface area contributed by atoms with Gasteiger partial charge in [-0.2, -0.15) is 10.2 Å². The minimum Gasteiger partial charge on any atom is -0.493 e. The molecule has 176 valence electrons. The number of fused-ring (bicyclic) bond motifs is 2. The molecule has 1 amide bonds. The monoisotopic (exact) mass is 468 g/mol. The molecule has 1 spiro atoms. The van der Waals surface area contributed by atoms with Gasteiger partial charge in [-0.3, -0.25) is 9.59 Å². The van der Waals surface area contributed by atoms with E-state index in [0.717, 1.165) is 41.0 Å². The third-order valence-electron chi connectivity index (χ3n) is 6.90. The second kappa shape index (κ2) is 9.18. The zero-order valence-corrected chi connectivity index (χ0v) is 19.0. The summed E-state index contributed by atoms with van der Waals surface area (Å²) in [5.41, 5.74) is 4.26. The van der Waals surface area contributed by atoms with Crippen molar-refractivity contribution < 1.29 is 19.4 Å². The van der Waals surface area contributed by atoms with Gasteiger partial charge < -0.3 is 15.2 Å². The molecule has 2 N–H and O–H groups in total. The van der Waals surface area contributed by atoms with E-state index < -0.39 is 5.97 Å². The number of anilines is 1. The van der Waals surface area contributed by atoms with Crippen molar-refractivity contribution in [3.63, 3.8) is 0 Å². The number of hydrogen-bond acceptors (Lipinski definition) is 5. The molecule has 0 bridgehead atoms. The van der Waals surface area contributed by atoms with Crippen molar-refractivity contribution in [2.75, 3.05) is 11.9 Å². The first-order valence-corrected chi connectivity index (χ1v) is 11.6. The first-order valence-electron chi connectivity index (χ1n) is 11.6. The molecule has 0 saturated heterocycles. The van der Waals surface area contributed by atoms with E-state index in [-0.39, 0.29) is 23.7 Å². The third-order valence-corrected chi connectivity index (χ3v) is 6.90. The average molecular weight is 469 g/mol. The van der Waals surface area contributed by atoms with Gasteiger partial charge >= 0.3 is 5.97 Å². The SMILES string of the molecule is [C-]#[N+]c1ccc(CCCC(=O)O)c(NC(=O)[C@@H]2C[C@]23CCOc2ccc(-c4cccnn4)cc23)c1. The number of aromatic nitrogens is 2. The van der Waals surface area contributed by atoms with Crippen molar-refractivity contribution in [2.24, 2.45) is 5.92 Å². The number of hydrogen-bond donors (Lipinski definition) is 2. The second-order valence-electron chi connectivity index (χ2n) is 9.02. The number of aliphatic carboxylic acids is 1. The van der Waals surface area contributed by atoms with Crippen molar-refractivity contribution in [2.45, 2.75) is 37.5 Å². The van der Waals surface area contributed by atoms with E-state index in [1.165, 1.54) is 0 Å². The number of carboxylic acids is 1. The highest BCUT2D eigenvalue weighted by molar-refractivity contribution is 5.97. The van der Waals surface area contributed by atoms with Crippen LogP contribution in [0.5, 0.6) is 5.75 Å². The second-order valence-corrected chi connectivity index (χ2v) is 9.02. The number of carboxylic acid groups (broad SMARTS) is 1. The first kappa shape index (κ1) is 22.5. The Hall–Kier alpha value is -4.25. The molecule has 3 aromatic rings. The highest BCUT2D eigenvalue weighted by Gasteiger charge is 2.61. The number of carbonyl (C=O) groups excluding carboxylic acids is 1. The van der Waals surface area contributed by atoms with Gasteiger partial charge in [0.1, 0.15) is 5.75 Å². The Balaban J connectivity index is 1.38. The van der Waals surface area contributed by atoms with Crippen LogP contribution in [0, 0.1) is 12.5 Å². The van der Waals surface area contributed by atoms with Crippen LogP contribution in [0.1, 0.15) is 36.8 Å². The molecule has 0 unspecified atom stereocenters. The van der Waals surface area contributed by atoms with Crippen LogP contribution >= 0.6 is 0 Å². The summed E-state index contributed by atoms with van der Waals surface area (Å²) in [4.78, 5) is 27.8. The number of rotatable bonds is 7. The van der Waals surface area contributed by atoms with Crippen LogP contribution in [0.15, 0.2) is 54.7 Å². The molecule has 2 aliphatic rings. The lowest BCUT2D eigenvalue weighted by Crippen LogP contribution is -2.27. The predicted octanol–water partition coefficient (Wildman–Crippen LogP) is 4.78. The maximum Gasteiger partial charge on any atom is 0.303 e. The molecular formula is C27H24N4O4. The Morgan fingerprint density at radius 2 is 2.11 bits per heavy atom. The zero-order chi connectivity index (χ0) is 24.4. The average Bonchev–Trinajstić information content (AvgIpc) is 3.60. The molecule has 2 aromatic carbocycles. The number of ether oxygens (including phenoxy) is 1. The minimum absolute atomic E-state index is 0.0502. The Labute approximate surface area is 202 Å². The van der Waals surface area contributed by atoms with E-state index in [9.17, 15) is 9.59 Å². The summed E-state index contributed by atoms with van der Waals surface area (Å²) in [6.07, 6.45) is 4.11. The summed E-state index contributed by atoms with van der Waals surface area (Å²) in [5.74, 6) is -0.369. The number of aryl methyl sites for hydroxylation is 1. The molecule has 0 radical (unpaired) electrons. The largest absolute Gasteiger partial charge is 0.493 e. The van der Waals surface area contributed by atoms with Gasteiger partial charge in [-0.1, -0.05) is 12.1 Å². The minimum atomic E-state index is -0.854. The fraction of sp³-hybridized carbons (Fsp3) is 0.296. The van der Waals surface area contributed by atoms with E-state index in [1.807, 2.05) is 24.3 Å². The maximum absolute atomic E-state index is 13.4. The van der Waals surface area contributed by atoms with Gasteiger partial charge in [0.05, 0.1) is 18.9 Å². The summed E-state index contributed by atoms with van der Waals surface area (Å²) in [7, 11) is 0. The van der Waals surface area contributed by atoms with E-state index in [0.29, 0.717) is 30.8 Å². The lowest BCUT2D eigenvalue weighted by molar-refractivity contribution is -0.137. The van der Waals surface area contributed by atoms with Gasteiger partial charge in [0.15, 0.2) is 5.69 Å². The van der Waals surface area contributed by atoms with Crippen molar-refractivity contribution >= 4 is 23.3 Å². The quantitative estimate of drug-likeness (QED) is 0.484. The van der Waals surface area contributed by atoms with Crippen LogP contribution in [0.3, 0.4) is 0 Å². The molecule has 2 atom stereocenters. The van der Waals surface area contributed by atoms with Gasteiger partial charge in [0.2, 0.25) is 5.91 Å². The van der Waals surface area contributed by atoms with Crippen molar-refractivity contribution in [1.82, 2.24) is 10.2 Å². The van der Waals surface area contributed by atoms with Gasteiger partial charge in [-0.25, -0.2) is 4.85 Å². The Morgan fingerprint density at radius 1 is 1.23 bits per heavy atom. The van der Waals surface area contributed by atoms with Crippen LogP contribution in [-0.2, 0) is 21.4 Å². The number of amides is 1. The maximum atomic E-state index is 13.4. The van der Waals surface area contributed by atoms with Gasteiger partial charge in [0, 0.05) is 40.8 Å². The number of benzene rings is 2. The topological polar surface area (TPSA) is 106 Å². The van der Waals surface area contributed by atoms with Gasteiger partial charge in [-0.15, -0.1) is 0 Å². The molecule has 2 heterocycles. The Kier molecular flexibility index (Phi) is 5.91. The fourth-order valence-corrected chi connectivity index (χ4v) is 4.98. The number of nitrogens with zero attached hydrogens (tertiary/aromatic N) is 3. The lowest BCUT2D eigenvalue weighted by Gasteiger charge is -2.27. The van der Waals surface area contributed by atoms with Gasteiger partial charge in [0.25, 0.3) is 0 Å². The molecular weight excluding hydrogens is 444 g/mol. The summed E-state index contributed by atoms with van der Waals surface area (Å²) in [6, 6.07) is 14.9. The van der Waals surface area contributed by atoms with E-state index >= 15 is 0 Å². The van der Waals surface area contributed by atoms with E-state index in [1.54, 1.807) is 24.4 Å². The molecule has 8 nitrogen and oxygen atoms in total. The van der Waals surface area contributed by atoms with Crippen LogP contribution in [-0.4, -0.2) is 33.8 Å². The van der Waals surface area contributed by atoms with Crippen molar-refractivity contribution in [3.05, 3.63) is 77.3 Å². The zero-order valence-electron chi connectivity index (χ0n) is 19.0. The molecule has 35 heavy (non-hydrogen) atoms. The Morgan fingerprint density at radius 3 is 2.89 bits per heavy atom. The van der Waals surface area contributed by atoms with E-state index in [2.05, 4.69) is 26.4 Å². The Bertz CT molecular complexity index is 1330. The molecule has 1 fully saturated rings. The molecule has 1 aliphatic heterocycles. The summed E-state index contributed by atoms with van der Waals surface area (Å²) in [5, 5.41) is 20.2. The van der Waals surface area contributed by atoms with Gasteiger partial charge in [-0.05, 0) is 67.6 Å². The first-order chi connectivity index (χ1) is 17.0. The standard InChI is InChI=1S/C27H24N4O4/c1-28-19-9-7-17(4-2-6-25(32)33)23(15-19)30-26(34)21-16-27(21)11-13-35-24-10-8-18(14-20(24)27)22-5-3-12-29-31-22/h3,5,7-10,12,14-15,21H,2,4,6,11,13,16H2,(H,30,34)(H,32,33)/t21-,27-/m0/s1. The molecule has 5 rings (SSSR count). The third kappa shape index (κ3) is 4.45. The number of nitrogens with one attached hydrogen (secondary N) is 1. The van der Waals surface area contributed by atoms with E-state index in [4.69, 9.17) is 16.4 Å². The summed E-state index contributed by atoms with van der Waals surface area (Å²) < 4.78 is 5.90. The summed E-state index contributed by atoms with van der Waals surface area (Å²) >= 11 is 0. The van der Waals surface area contributed by atoms with Crippen LogP contribution in [0.4, 0.5) is 11.4 Å². The normalized spacial score (nSPS) is 19.8. The fourth-order valence-electron chi connectivity index (χ4n) is 4.98. The highest BCUT2D eigenvalue weighted by Crippen LogP contribution is 2.61. The van der Waals surface area contributed by atoms with Crippen LogP contribution in [0.2, 0.25) is 0 Å². The van der Waals surface area contributed by atoms with Crippen LogP contribution < -0.4 is 10.1 Å². The summed E-state index contributed by atoms with van der Waals surface area (Å²) in [6.45, 7) is 7.87. The molecule has 1 aromatic heterocycles. The molecule has 8 heteroatoms. The molecule has 1 aliphatic carbocycles. The van der Waals surface area contributed by atoms with Crippen molar-refractivity contribution in [3.8, 4) is 17.0 Å². The van der Waals surface area contributed by atoms with Crippen LogP contribution in [0.25, 0.3) is 16.1 Å². The smallest absolute Gasteiger partial charge is 0.303 e. The molecule has 1 saturated carbocycles. The lowest BCUT2D eigenvalue weighted by atomic mass is 9.86. The predicted molar refractivity (Wildman–Crippen MR) is 129 cm³/mol. The number of carbonyl (C=O) groups is 2. The highest BCUT2D eigenvalue weighted by atomic mass is 16.5.